The fraction of sp³-hybridized carbons (Fsp3) is 0.571. The van der Waals surface area contributed by atoms with Gasteiger partial charge in [-0.05, 0) is 59.9 Å². The van der Waals surface area contributed by atoms with E-state index in [1.54, 1.807) is 0 Å². The molecule has 0 aliphatic carbocycles. The van der Waals surface area contributed by atoms with Crippen molar-refractivity contribution in [1.29, 1.82) is 0 Å². The fourth-order valence-corrected chi connectivity index (χ4v) is 2.67. The summed E-state index contributed by atoms with van der Waals surface area (Å²) >= 11 is 0. The zero-order valence-electron chi connectivity index (χ0n) is 17.2. The number of amides is 1. The highest BCUT2D eigenvalue weighted by Gasteiger charge is 2.17. The number of carbonyl (C=O) groups excluding carboxylic acids is 4. The van der Waals surface area contributed by atoms with Crippen LogP contribution in [-0.4, -0.2) is 29.7 Å². The summed E-state index contributed by atoms with van der Waals surface area (Å²) in [7, 11) is 0. The molecular weight excluding hydrogens is 346 g/mol. The number of carbonyl (C=O) groups is 2. The van der Waals surface area contributed by atoms with Crippen molar-refractivity contribution in [3.05, 3.63) is 34.9 Å². The quantitative estimate of drug-likeness (QED) is 0.778. The minimum Gasteiger partial charge on any atom is -0.444 e. The molecular formula is C21H31NO5. The van der Waals surface area contributed by atoms with Crippen LogP contribution in [-0.2, 0) is 25.5 Å². The molecule has 1 aromatic rings. The Kier molecular flexibility index (Phi) is 10.9. The number of alkyl carbamates (subject to hydrolysis) is 1. The lowest BCUT2D eigenvalue weighted by Crippen LogP contribution is -2.37. The van der Waals surface area contributed by atoms with Gasteiger partial charge in [-0.1, -0.05) is 29.3 Å². The summed E-state index contributed by atoms with van der Waals surface area (Å²) in [4.78, 5) is 40.0. The summed E-state index contributed by atoms with van der Waals surface area (Å²) in [6.45, 7) is 11.5. The lowest BCUT2D eigenvalue weighted by atomic mass is 10.00. The normalized spacial score (nSPS) is 11.5. The van der Waals surface area contributed by atoms with E-state index < -0.39 is 11.7 Å². The van der Waals surface area contributed by atoms with Crippen molar-refractivity contribution in [2.24, 2.45) is 0 Å². The van der Waals surface area contributed by atoms with E-state index in [1.807, 2.05) is 41.5 Å². The standard InChI is InChI=1S/C20H31NO3.CO2/c1-14-10-15(2)12-17(11-14)13-18(22)9-7-8-16(3)21-19(23)24-20(4,5)6;2-1-3/h10-12,16H,7-9,13H2,1-6H3,(H,21,23);. The zero-order chi connectivity index (χ0) is 21.0. The molecule has 0 spiro atoms. The lowest BCUT2D eigenvalue weighted by Gasteiger charge is -2.21. The molecule has 0 saturated carbocycles. The third-order valence-electron chi connectivity index (χ3n) is 3.54. The van der Waals surface area contributed by atoms with Crippen LogP contribution < -0.4 is 5.32 Å². The number of benzene rings is 1. The van der Waals surface area contributed by atoms with Gasteiger partial charge in [0.15, 0.2) is 0 Å². The molecule has 1 aromatic carbocycles. The van der Waals surface area contributed by atoms with Crippen LogP contribution in [0.25, 0.3) is 0 Å². The second-order valence-corrected chi connectivity index (χ2v) is 7.73. The minimum atomic E-state index is -0.494. The summed E-state index contributed by atoms with van der Waals surface area (Å²) in [6, 6.07) is 6.24. The summed E-state index contributed by atoms with van der Waals surface area (Å²) in [5, 5.41) is 2.80. The Morgan fingerprint density at radius 3 is 2.11 bits per heavy atom. The van der Waals surface area contributed by atoms with Gasteiger partial charge in [0.25, 0.3) is 0 Å². The van der Waals surface area contributed by atoms with Crippen LogP contribution in [0.3, 0.4) is 0 Å². The molecule has 1 N–H and O–H groups in total. The molecule has 6 heteroatoms. The molecule has 1 amide bonds. The summed E-state index contributed by atoms with van der Waals surface area (Å²) in [6.07, 6.45) is 2.39. The number of aryl methyl sites for hydroxylation is 2. The topological polar surface area (TPSA) is 89.5 Å². The van der Waals surface area contributed by atoms with Gasteiger partial charge in [-0.3, -0.25) is 4.79 Å². The minimum absolute atomic E-state index is 0.00568. The van der Waals surface area contributed by atoms with Crippen molar-refractivity contribution >= 4 is 18.0 Å². The van der Waals surface area contributed by atoms with Crippen LogP contribution in [0.5, 0.6) is 0 Å². The third-order valence-corrected chi connectivity index (χ3v) is 3.54. The number of nitrogens with one attached hydrogen (secondary N) is 1. The van der Waals surface area contributed by atoms with Gasteiger partial charge < -0.3 is 10.1 Å². The van der Waals surface area contributed by atoms with Gasteiger partial charge >= 0.3 is 12.2 Å². The first kappa shape index (κ1) is 24.5. The van der Waals surface area contributed by atoms with Gasteiger partial charge in [-0.25, -0.2) is 4.79 Å². The van der Waals surface area contributed by atoms with E-state index in [9.17, 15) is 9.59 Å². The van der Waals surface area contributed by atoms with Gasteiger partial charge in [-0.2, -0.15) is 9.59 Å². The highest BCUT2D eigenvalue weighted by Crippen LogP contribution is 2.12. The predicted molar refractivity (Wildman–Crippen MR) is 102 cm³/mol. The van der Waals surface area contributed by atoms with Gasteiger partial charge in [0, 0.05) is 18.9 Å². The summed E-state index contributed by atoms with van der Waals surface area (Å²) in [5.41, 5.74) is 2.96. The van der Waals surface area contributed by atoms with Crippen LogP contribution in [0.4, 0.5) is 4.79 Å². The molecule has 0 radical (unpaired) electrons. The summed E-state index contributed by atoms with van der Waals surface area (Å²) in [5.74, 6) is 0.240. The smallest absolute Gasteiger partial charge is 0.407 e. The van der Waals surface area contributed by atoms with Gasteiger partial charge in [0.05, 0.1) is 0 Å². The maximum Gasteiger partial charge on any atom is 0.407 e. The van der Waals surface area contributed by atoms with Gasteiger partial charge in [0.2, 0.25) is 0 Å². The first-order valence-corrected chi connectivity index (χ1v) is 9.04. The largest absolute Gasteiger partial charge is 0.444 e. The Morgan fingerprint density at radius 1 is 1.11 bits per heavy atom. The van der Waals surface area contributed by atoms with Crippen LogP contribution in [0.2, 0.25) is 0 Å². The Balaban J connectivity index is 0.00000210. The predicted octanol–water partition coefficient (Wildman–Crippen LogP) is 3.92. The van der Waals surface area contributed by atoms with Crippen LogP contribution in [0.1, 0.15) is 63.6 Å². The fourth-order valence-electron chi connectivity index (χ4n) is 2.67. The van der Waals surface area contributed by atoms with Crippen molar-refractivity contribution in [3.8, 4) is 0 Å². The number of Topliss-reactive ketones (excluding diaryl/α,β-unsaturated/α-hetero) is 1. The average Bonchev–Trinajstić information content (AvgIpc) is 2.44. The van der Waals surface area contributed by atoms with Crippen molar-refractivity contribution in [2.75, 3.05) is 0 Å². The van der Waals surface area contributed by atoms with E-state index in [4.69, 9.17) is 14.3 Å². The molecule has 0 bridgehead atoms. The molecule has 6 nitrogen and oxygen atoms in total. The van der Waals surface area contributed by atoms with Crippen molar-refractivity contribution in [1.82, 2.24) is 5.32 Å². The first-order chi connectivity index (χ1) is 12.5. The van der Waals surface area contributed by atoms with Crippen LogP contribution in [0.15, 0.2) is 18.2 Å². The van der Waals surface area contributed by atoms with Crippen molar-refractivity contribution < 1.29 is 23.9 Å². The average molecular weight is 377 g/mol. The Bertz CT molecular complexity index is 635. The van der Waals surface area contributed by atoms with E-state index >= 15 is 0 Å². The number of hydrogen-bond donors (Lipinski definition) is 1. The van der Waals surface area contributed by atoms with E-state index in [0.717, 1.165) is 18.4 Å². The molecule has 27 heavy (non-hydrogen) atoms. The molecule has 0 aliphatic heterocycles. The number of ether oxygens (including phenoxy) is 1. The van der Waals surface area contributed by atoms with E-state index in [0.29, 0.717) is 12.8 Å². The Labute approximate surface area is 161 Å². The highest BCUT2D eigenvalue weighted by molar-refractivity contribution is 5.80. The molecule has 150 valence electrons. The summed E-state index contributed by atoms with van der Waals surface area (Å²) < 4.78 is 5.22. The van der Waals surface area contributed by atoms with Crippen LogP contribution in [0, 0.1) is 13.8 Å². The molecule has 1 rings (SSSR count). The monoisotopic (exact) mass is 377 g/mol. The maximum atomic E-state index is 12.1. The van der Waals surface area contributed by atoms with E-state index in [-0.39, 0.29) is 18.0 Å². The Hall–Kier alpha value is -2.46. The molecule has 0 fully saturated rings. The number of ketones is 1. The second-order valence-electron chi connectivity index (χ2n) is 7.73. The number of rotatable bonds is 7. The molecule has 0 heterocycles. The lowest BCUT2D eigenvalue weighted by molar-refractivity contribution is -0.191. The van der Waals surface area contributed by atoms with Crippen LogP contribution >= 0.6 is 0 Å². The second kappa shape index (κ2) is 12.0. The highest BCUT2D eigenvalue weighted by atomic mass is 16.6. The van der Waals surface area contributed by atoms with Crippen molar-refractivity contribution in [3.63, 3.8) is 0 Å². The molecule has 1 atom stereocenters. The molecule has 0 saturated heterocycles. The first-order valence-electron chi connectivity index (χ1n) is 9.04. The Morgan fingerprint density at radius 2 is 1.63 bits per heavy atom. The number of hydrogen-bond acceptors (Lipinski definition) is 5. The maximum absolute atomic E-state index is 12.1. The molecule has 0 aliphatic rings. The van der Waals surface area contributed by atoms with E-state index in [1.165, 1.54) is 11.1 Å². The molecule has 0 aromatic heterocycles. The van der Waals surface area contributed by atoms with Crippen molar-refractivity contribution in [2.45, 2.75) is 78.9 Å². The van der Waals surface area contributed by atoms with Gasteiger partial charge in [-0.15, -0.1) is 0 Å². The third kappa shape index (κ3) is 13.4. The molecule has 1 unspecified atom stereocenters. The zero-order valence-corrected chi connectivity index (χ0v) is 17.2. The van der Waals surface area contributed by atoms with E-state index in [2.05, 4.69) is 23.5 Å². The SMILES string of the molecule is Cc1cc(C)cc(CC(=O)CCCC(C)NC(=O)OC(C)(C)C)c1.O=C=O. The van der Waals surface area contributed by atoms with Gasteiger partial charge in [0.1, 0.15) is 11.4 Å².